The summed E-state index contributed by atoms with van der Waals surface area (Å²) in [6, 6.07) is 16.1. The van der Waals surface area contributed by atoms with E-state index in [1.807, 2.05) is 32.0 Å². The number of nitrogens with zero attached hydrogens (tertiary/aromatic N) is 2. The Morgan fingerprint density at radius 3 is 2.50 bits per heavy atom. The zero-order valence-electron chi connectivity index (χ0n) is 23.0. The van der Waals surface area contributed by atoms with E-state index in [9.17, 15) is 14.9 Å². The maximum atomic E-state index is 13.5. The number of allylic oxidation sites excluding steroid dienone is 1. The number of ether oxygens (including phenoxy) is 4. The largest absolute Gasteiger partial charge is 0.516 e. The maximum Gasteiger partial charge on any atom is 0.516 e. The predicted molar refractivity (Wildman–Crippen MR) is 154 cm³/mol. The first-order chi connectivity index (χ1) is 19.4. The molecular formula is C30H31N3O6S. The Balaban J connectivity index is 0.00000216. The van der Waals surface area contributed by atoms with Gasteiger partial charge in [-0.2, -0.15) is 17.9 Å². The summed E-state index contributed by atoms with van der Waals surface area (Å²) in [6.45, 7) is 5.74. The summed E-state index contributed by atoms with van der Waals surface area (Å²) in [5.74, 6) is -0.964. The molecule has 4 rings (SSSR count). The highest BCUT2D eigenvalue weighted by molar-refractivity contribution is 7.79. The summed E-state index contributed by atoms with van der Waals surface area (Å²) >= 11 is 3.53. The number of carbonyl (C=O) groups excluding carboxylic acids is 2. The number of nitrogens with one attached hydrogen (secondary N) is 1. The maximum absolute atomic E-state index is 13.5. The summed E-state index contributed by atoms with van der Waals surface area (Å²) in [5.41, 5.74) is 4.49. The van der Waals surface area contributed by atoms with Gasteiger partial charge in [-0.05, 0) is 50.3 Å². The van der Waals surface area contributed by atoms with Crippen molar-refractivity contribution in [3.63, 3.8) is 0 Å². The summed E-state index contributed by atoms with van der Waals surface area (Å²) in [6.07, 6.45) is 2.25. The Labute approximate surface area is 239 Å². The molecule has 0 amide bonds. The predicted octanol–water partition coefficient (Wildman–Crippen LogP) is 5.93. The van der Waals surface area contributed by atoms with Crippen molar-refractivity contribution in [3.8, 4) is 17.7 Å². The van der Waals surface area contributed by atoms with Gasteiger partial charge in [-0.25, -0.2) is 14.6 Å². The van der Waals surface area contributed by atoms with Crippen LogP contribution < -0.4 is 14.8 Å². The van der Waals surface area contributed by atoms with Crippen molar-refractivity contribution in [1.29, 1.82) is 5.26 Å². The molecule has 2 heterocycles. The van der Waals surface area contributed by atoms with Gasteiger partial charge in [0.05, 0.1) is 48.1 Å². The molecule has 0 bridgehead atoms. The quantitative estimate of drug-likeness (QED) is 0.206. The van der Waals surface area contributed by atoms with E-state index >= 15 is 0 Å². The number of fused-ring (bicyclic) bond motifs is 1. The summed E-state index contributed by atoms with van der Waals surface area (Å²) in [4.78, 5) is 30.5. The van der Waals surface area contributed by atoms with Crippen molar-refractivity contribution < 1.29 is 28.5 Å². The number of benzene rings is 2. The lowest BCUT2D eigenvalue weighted by Crippen LogP contribution is -2.27. The second-order valence-electron chi connectivity index (χ2n) is 8.55. The highest BCUT2D eigenvalue weighted by atomic mass is 32.1. The second-order valence-corrected chi connectivity index (χ2v) is 8.55. The standard InChI is InChI=1S/C29H27N3O6.CH4S/c1-5-36-27-25-24(21-12-11-20(14-30)13-22(21)35-4)23(18(3)32-26(25)17(2)15-31-27)28(33)38-29(34)37-16-19-9-7-6-8-10-19;1-2/h6-13,15,24,32H,5,16H2,1-4H3;2H,1H3. The number of rotatable bonds is 7. The molecule has 0 spiro atoms. The number of hydrogen-bond donors (Lipinski definition) is 2. The number of nitriles is 1. The molecule has 0 fully saturated rings. The fourth-order valence-electron chi connectivity index (χ4n) is 4.39. The summed E-state index contributed by atoms with van der Waals surface area (Å²) < 4.78 is 21.8. The first-order valence-electron chi connectivity index (χ1n) is 12.4. The molecule has 0 radical (unpaired) electrons. The van der Waals surface area contributed by atoms with Crippen molar-refractivity contribution in [3.05, 3.63) is 93.8 Å². The van der Waals surface area contributed by atoms with Crippen LogP contribution in [0.4, 0.5) is 10.5 Å². The highest BCUT2D eigenvalue weighted by Gasteiger charge is 2.39. The number of methoxy groups -OCH3 is 1. The average molecular weight is 562 g/mol. The van der Waals surface area contributed by atoms with Gasteiger partial charge in [-0.3, -0.25) is 0 Å². The molecule has 40 heavy (non-hydrogen) atoms. The molecule has 0 aliphatic carbocycles. The third-order valence-corrected chi connectivity index (χ3v) is 6.11. The SMILES string of the molecule is CCOc1ncc(C)c2c1C(c1ccc(C#N)cc1OC)C(C(=O)OC(=O)OCc1ccccc1)=C(C)N2.CS. The van der Waals surface area contributed by atoms with E-state index in [2.05, 4.69) is 29.0 Å². The third kappa shape index (κ3) is 6.55. The molecule has 1 aliphatic rings. The third-order valence-electron chi connectivity index (χ3n) is 6.11. The van der Waals surface area contributed by atoms with E-state index in [0.29, 0.717) is 40.6 Å². The Kier molecular flexibility index (Phi) is 10.6. The average Bonchev–Trinajstić information content (AvgIpc) is 2.98. The normalized spacial score (nSPS) is 13.5. The molecular weight excluding hydrogens is 530 g/mol. The second kappa shape index (κ2) is 14.1. The molecule has 1 aliphatic heterocycles. The van der Waals surface area contributed by atoms with E-state index in [0.717, 1.165) is 16.8 Å². The van der Waals surface area contributed by atoms with Crippen LogP contribution in [-0.2, 0) is 20.9 Å². The molecule has 1 aromatic heterocycles. The first-order valence-corrected chi connectivity index (χ1v) is 13.3. The lowest BCUT2D eigenvalue weighted by molar-refractivity contribution is -0.135. The molecule has 1 N–H and O–H groups in total. The van der Waals surface area contributed by atoms with Crippen LogP contribution in [-0.4, -0.2) is 37.1 Å². The lowest BCUT2D eigenvalue weighted by atomic mass is 9.79. The van der Waals surface area contributed by atoms with Gasteiger partial charge < -0.3 is 24.3 Å². The summed E-state index contributed by atoms with van der Waals surface area (Å²) in [5, 5.41) is 12.7. The Hall–Kier alpha value is -4.49. The van der Waals surface area contributed by atoms with Crippen LogP contribution in [0.3, 0.4) is 0 Å². The number of pyridine rings is 1. The number of aryl methyl sites for hydroxylation is 1. The number of esters is 1. The Bertz CT molecular complexity index is 1450. The topological polar surface area (TPSA) is 120 Å². The van der Waals surface area contributed by atoms with Gasteiger partial charge in [0.25, 0.3) is 0 Å². The molecule has 208 valence electrons. The van der Waals surface area contributed by atoms with Crippen molar-refractivity contribution >= 4 is 30.4 Å². The molecule has 2 aromatic carbocycles. The van der Waals surface area contributed by atoms with Crippen molar-refractivity contribution in [2.75, 3.05) is 25.3 Å². The fourth-order valence-corrected chi connectivity index (χ4v) is 4.39. The number of anilines is 1. The van der Waals surface area contributed by atoms with Crippen LogP contribution in [0.1, 0.15) is 47.6 Å². The van der Waals surface area contributed by atoms with Crippen LogP contribution in [0, 0.1) is 18.3 Å². The van der Waals surface area contributed by atoms with E-state index < -0.39 is 18.0 Å². The number of carbonyl (C=O) groups is 2. The van der Waals surface area contributed by atoms with E-state index in [-0.39, 0.29) is 12.2 Å². The van der Waals surface area contributed by atoms with Gasteiger partial charge in [-0.15, -0.1) is 0 Å². The van der Waals surface area contributed by atoms with Crippen LogP contribution in [0.2, 0.25) is 0 Å². The molecule has 9 nitrogen and oxygen atoms in total. The van der Waals surface area contributed by atoms with Gasteiger partial charge in [-0.1, -0.05) is 36.4 Å². The smallest absolute Gasteiger partial charge is 0.496 e. The molecule has 1 unspecified atom stereocenters. The van der Waals surface area contributed by atoms with Gasteiger partial charge >= 0.3 is 12.1 Å². The Morgan fingerprint density at radius 1 is 1.12 bits per heavy atom. The minimum atomic E-state index is -1.12. The van der Waals surface area contributed by atoms with Crippen LogP contribution in [0.15, 0.2) is 66.0 Å². The zero-order chi connectivity index (χ0) is 29.2. The molecule has 3 aromatic rings. The van der Waals surface area contributed by atoms with Gasteiger partial charge in [0.1, 0.15) is 12.4 Å². The zero-order valence-corrected chi connectivity index (χ0v) is 23.9. The Morgan fingerprint density at radius 2 is 1.85 bits per heavy atom. The van der Waals surface area contributed by atoms with Crippen molar-refractivity contribution in [2.24, 2.45) is 0 Å². The minimum absolute atomic E-state index is 0.0451. The van der Waals surface area contributed by atoms with Gasteiger partial charge in [0, 0.05) is 17.5 Å². The van der Waals surface area contributed by atoms with Crippen LogP contribution in [0.5, 0.6) is 11.6 Å². The monoisotopic (exact) mass is 561 g/mol. The number of aromatic nitrogens is 1. The van der Waals surface area contributed by atoms with Crippen LogP contribution in [0.25, 0.3) is 0 Å². The molecule has 0 saturated carbocycles. The fraction of sp³-hybridized carbons (Fsp3) is 0.267. The van der Waals surface area contributed by atoms with E-state index in [1.165, 1.54) is 7.11 Å². The molecule has 0 saturated heterocycles. The molecule has 10 heteroatoms. The van der Waals surface area contributed by atoms with Crippen molar-refractivity contribution in [1.82, 2.24) is 4.98 Å². The van der Waals surface area contributed by atoms with Crippen molar-refractivity contribution in [2.45, 2.75) is 33.3 Å². The van der Waals surface area contributed by atoms with E-state index in [1.54, 1.807) is 49.7 Å². The number of hydrogen-bond acceptors (Lipinski definition) is 10. The first kappa shape index (κ1) is 30.1. The minimum Gasteiger partial charge on any atom is -0.496 e. The lowest BCUT2D eigenvalue weighted by Gasteiger charge is -2.32. The van der Waals surface area contributed by atoms with Crippen LogP contribution >= 0.6 is 12.6 Å². The van der Waals surface area contributed by atoms with Gasteiger partial charge in [0.15, 0.2) is 0 Å². The van der Waals surface area contributed by atoms with E-state index in [4.69, 9.17) is 18.9 Å². The highest BCUT2D eigenvalue weighted by Crippen LogP contribution is 2.49. The summed E-state index contributed by atoms with van der Waals surface area (Å²) in [7, 11) is 1.48. The van der Waals surface area contributed by atoms with Gasteiger partial charge in [0.2, 0.25) is 5.88 Å². The number of thiol groups is 1. The molecule has 1 atom stereocenters.